The zero-order chi connectivity index (χ0) is 12.3. The maximum atomic E-state index is 5.94. The molecule has 0 spiro atoms. The Bertz CT molecular complexity index is 512. The van der Waals surface area contributed by atoms with Crippen molar-refractivity contribution in [3.8, 4) is 0 Å². The van der Waals surface area contributed by atoms with Gasteiger partial charge in [-0.05, 0) is 47.2 Å². The second-order valence-corrected chi connectivity index (χ2v) is 5.31. The highest BCUT2D eigenvalue weighted by Crippen LogP contribution is 2.20. The number of hydrogen-bond acceptors (Lipinski definition) is 2. The maximum Gasteiger partial charge on any atom is 0.124 e. The third-order valence-electron chi connectivity index (χ3n) is 2.64. The zero-order valence-electron chi connectivity index (χ0n) is 9.62. The van der Waals surface area contributed by atoms with Gasteiger partial charge in [0.25, 0.3) is 0 Å². The van der Waals surface area contributed by atoms with Gasteiger partial charge in [-0.3, -0.25) is 0 Å². The highest BCUT2D eigenvalue weighted by molar-refractivity contribution is 14.1. The minimum Gasteiger partial charge on any atom is -0.385 e. The molecule has 0 aliphatic heterocycles. The van der Waals surface area contributed by atoms with Gasteiger partial charge in [-0.15, -0.1) is 11.6 Å². The molecule has 2 aromatic rings. The molecule has 17 heavy (non-hydrogen) atoms. The van der Waals surface area contributed by atoms with Crippen LogP contribution in [0.15, 0.2) is 18.2 Å². The fourth-order valence-electron chi connectivity index (χ4n) is 1.87. The minimum atomic E-state index is 0.443. The van der Waals surface area contributed by atoms with Crippen LogP contribution in [0.25, 0.3) is 11.0 Å². The number of fused-ring (bicyclic) bond motifs is 1. The van der Waals surface area contributed by atoms with Gasteiger partial charge in [0.15, 0.2) is 0 Å². The molecule has 0 aliphatic carbocycles. The lowest BCUT2D eigenvalue weighted by Gasteiger charge is -2.07. The molecule has 1 aromatic heterocycles. The minimum absolute atomic E-state index is 0.443. The third kappa shape index (κ3) is 2.92. The predicted octanol–water partition coefficient (Wildman–Crippen LogP) is 3.42. The Balaban J connectivity index is 2.36. The summed E-state index contributed by atoms with van der Waals surface area (Å²) in [5, 5.41) is 0. The molecular weight excluding hydrogens is 351 g/mol. The van der Waals surface area contributed by atoms with E-state index in [9.17, 15) is 0 Å². The van der Waals surface area contributed by atoms with Crippen LogP contribution in [0.1, 0.15) is 12.2 Å². The Hall–Kier alpha value is -0.330. The van der Waals surface area contributed by atoms with Gasteiger partial charge < -0.3 is 9.30 Å². The fraction of sp³-hybridized carbons (Fsp3) is 0.417. The largest absolute Gasteiger partial charge is 0.385 e. The molecule has 0 amide bonds. The Morgan fingerprint density at radius 2 is 2.29 bits per heavy atom. The molecule has 0 saturated carbocycles. The molecule has 0 bridgehead atoms. The van der Waals surface area contributed by atoms with E-state index < -0.39 is 0 Å². The molecule has 1 heterocycles. The third-order valence-corrected chi connectivity index (χ3v) is 3.55. The van der Waals surface area contributed by atoms with E-state index in [4.69, 9.17) is 16.3 Å². The first-order chi connectivity index (χ1) is 8.26. The van der Waals surface area contributed by atoms with Gasteiger partial charge in [0, 0.05) is 23.8 Å². The van der Waals surface area contributed by atoms with Crippen LogP contribution in [0.2, 0.25) is 0 Å². The van der Waals surface area contributed by atoms with Crippen molar-refractivity contribution in [3.05, 3.63) is 27.6 Å². The number of imidazole rings is 1. The number of ether oxygens (including phenoxy) is 1. The average Bonchev–Trinajstić information content (AvgIpc) is 2.67. The zero-order valence-corrected chi connectivity index (χ0v) is 12.5. The summed E-state index contributed by atoms with van der Waals surface area (Å²) in [5.41, 5.74) is 2.17. The van der Waals surface area contributed by atoms with E-state index in [1.807, 2.05) is 0 Å². The summed E-state index contributed by atoms with van der Waals surface area (Å²) in [4.78, 5) is 4.56. The second-order valence-electron chi connectivity index (χ2n) is 3.79. The van der Waals surface area contributed by atoms with Crippen molar-refractivity contribution < 1.29 is 4.74 Å². The topological polar surface area (TPSA) is 27.1 Å². The van der Waals surface area contributed by atoms with Crippen LogP contribution in [-0.2, 0) is 17.2 Å². The summed E-state index contributed by atoms with van der Waals surface area (Å²) in [6, 6.07) is 6.28. The van der Waals surface area contributed by atoms with E-state index in [0.29, 0.717) is 5.88 Å². The number of halogens is 2. The number of rotatable bonds is 5. The van der Waals surface area contributed by atoms with Crippen molar-refractivity contribution in [1.29, 1.82) is 0 Å². The molecule has 0 saturated heterocycles. The molecule has 3 nitrogen and oxygen atoms in total. The van der Waals surface area contributed by atoms with Gasteiger partial charge in [-0.1, -0.05) is 0 Å². The first kappa shape index (κ1) is 13.1. The lowest BCUT2D eigenvalue weighted by molar-refractivity contribution is 0.190. The quantitative estimate of drug-likeness (QED) is 0.462. The van der Waals surface area contributed by atoms with E-state index >= 15 is 0 Å². The normalized spacial score (nSPS) is 11.2. The first-order valence-corrected chi connectivity index (χ1v) is 7.07. The summed E-state index contributed by atoms with van der Waals surface area (Å²) in [6.45, 7) is 1.65. The Morgan fingerprint density at radius 1 is 1.47 bits per heavy atom. The Morgan fingerprint density at radius 3 is 3.00 bits per heavy atom. The molecular formula is C12H14ClIN2O. The van der Waals surface area contributed by atoms with Crippen molar-refractivity contribution in [2.24, 2.45) is 0 Å². The Labute approximate surface area is 119 Å². The molecule has 0 N–H and O–H groups in total. The lowest BCUT2D eigenvalue weighted by atomic mass is 10.3. The molecule has 0 atom stereocenters. The lowest BCUT2D eigenvalue weighted by Crippen LogP contribution is -2.04. The van der Waals surface area contributed by atoms with Crippen molar-refractivity contribution in [2.75, 3.05) is 13.7 Å². The highest BCUT2D eigenvalue weighted by atomic mass is 127. The molecule has 1 aromatic carbocycles. The first-order valence-electron chi connectivity index (χ1n) is 5.46. The molecule has 92 valence electrons. The van der Waals surface area contributed by atoms with Crippen molar-refractivity contribution in [1.82, 2.24) is 9.55 Å². The second kappa shape index (κ2) is 6.02. The number of hydrogen-bond donors (Lipinski definition) is 0. The molecule has 2 rings (SSSR count). The van der Waals surface area contributed by atoms with Crippen LogP contribution >= 0.6 is 34.2 Å². The molecule has 0 aliphatic rings. The number of benzene rings is 1. The van der Waals surface area contributed by atoms with Gasteiger partial charge in [-0.2, -0.15) is 0 Å². The van der Waals surface area contributed by atoms with E-state index in [0.717, 1.165) is 36.4 Å². The molecule has 0 fully saturated rings. The number of nitrogens with zero attached hydrogens (tertiary/aromatic N) is 2. The van der Waals surface area contributed by atoms with Gasteiger partial charge in [0.2, 0.25) is 0 Å². The van der Waals surface area contributed by atoms with Crippen LogP contribution in [0.3, 0.4) is 0 Å². The number of methoxy groups -OCH3 is 1. The Kier molecular flexibility index (Phi) is 4.64. The number of aromatic nitrogens is 2. The van der Waals surface area contributed by atoms with Gasteiger partial charge >= 0.3 is 0 Å². The monoisotopic (exact) mass is 364 g/mol. The van der Waals surface area contributed by atoms with Gasteiger partial charge in [0.1, 0.15) is 5.82 Å². The molecule has 0 radical (unpaired) electrons. The van der Waals surface area contributed by atoms with Crippen LogP contribution in [0, 0.1) is 3.57 Å². The number of aryl methyl sites for hydroxylation is 1. The standard InChI is InChI=1S/C12H14ClIN2O/c1-17-6-2-5-16-11-4-3-9(14)7-10(11)15-12(16)8-13/h3-4,7H,2,5-6,8H2,1H3. The summed E-state index contributed by atoms with van der Waals surface area (Å²) in [7, 11) is 1.72. The van der Waals surface area contributed by atoms with Crippen LogP contribution in [0.4, 0.5) is 0 Å². The van der Waals surface area contributed by atoms with E-state index in [2.05, 4.69) is 50.3 Å². The average molecular weight is 365 g/mol. The maximum absolute atomic E-state index is 5.94. The van der Waals surface area contributed by atoms with Gasteiger partial charge in [0.05, 0.1) is 16.9 Å². The van der Waals surface area contributed by atoms with Crippen LogP contribution < -0.4 is 0 Å². The van der Waals surface area contributed by atoms with Crippen molar-refractivity contribution in [3.63, 3.8) is 0 Å². The van der Waals surface area contributed by atoms with E-state index in [-0.39, 0.29) is 0 Å². The summed E-state index contributed by atoms with van der Waals surface area (Å²) in [6.07, 6.45) is 0.970. The van der Waals surface area contributed by atoms with Crippen LogP contribution in [-0.4, -0.2) is 23.3 Å². The van der Waals surface area contributed by atoms with Crippen LogP contribution in [0.5, 0.6) is 0 Å². The van der Waals surface area contributed by atoms with E-state index in [1.165, 1.54) is 3.57 Å². The summed E-state index contributed by atoms with van der Waals surface area (Å²) < 4.78 is 8.45. The fourth-order valence-corrected chi connectivity index (χ4v) is 2.55. The SMILES string of the molecule is COCCCn1c(CCl)nc2cc(I)ccc21. The van der Waals surface area contributed by atoms with Crippen molar-refractivity contribution in [2.45, 2.75) is 18.8 Å². The van der Waals surface area contributed by atoms with Crippen molar-refractivity contribution >= 4 is 45.2 Å². The smallest absolute Gasteiger partial charge is 0.124 e. The number of alkyl halides is 1. The molecule has 0 unspecified atom stereocenters. The highest BCUT2D eigenvalue weighted by Gasteiger charge is 2.09. The van der Waals surface area contributed by atoms with E-state index in [1.54, 1.807) is 7.11 Å². The molecule has 5 heteroatoms. The summed E-state index contributed by atoms with van der Waals surface area (Å²) >= 11 is 8.23. The van der Waals surface area contributed by atoms with Gasteiger partial charge in [-0.25, -0.2) is 4.98 Å². The summed E-state index contributed by atoms with van der Waals surface area (Å²) in [5.74, 6) is 1.37. The predicted molar refractivity (Wildman–Crippen MR) is 78.5 cm³/mol.